The van der Waals surface area contributed by atoms with E-state index in [4.69, 9.17) is 0 Å². The van der Waals surface area contributed by atoms with Crippen molar-refractivity contribution in [3.8, 4) is 0 Å². The number of hydrogen-bond acceptors (Lipinski definition) is 2. The summed E-state index contributed by atoms with van der Waals surface area (Å²) in [6.07, 6.45) is 6.90. The highest BCUT2D eigenvalue weighted by atomic mass is 16.1. The Labute approximate surface area is 111 Å². The third-order valence-corrected chi connectivity index (χ3v) is 3.49. The lowest BCUT2D eigenvalue weighted by Gasteiger charge is -2.12. The van der Waals surface area contributed by atoms with Gasteiger partial charge in [-0.25, -0.2) is 4.98 Å². The second-order valence-corrected chi connectivity index (χ2v) is 4.78. The van der Waals surface area contributed by atoms with E-state index in [0.717, 1.165) is 29.6 Å². The van der Waals surface area contributed by atoms with E-state index in [1.807, 2.05) is 24.3 Å². The van der Waals surface area contributed by atoms with Crippen LogP contribution in [0.2, 0.25) is 0 Å². The summed E-state index contributed by atoms with van der Waals surface area (Å²) >= 11 is 0. The molecule has 2 aromatic heterocycles. The van der Waals surface area contributed by atoms with Crippen LogP contribution in [0.4, 0.5) is 0 Å². The van der Waals surface area contributed by atoms with Crippen molar-refractivity contribution in [1.29, 1.82) is 0 Å². The zero-order valence-electron chi connectivity index (χ0n) is 11.0. The lowest BCUT2D eigenvalue weighted by Crippen LogP contribution is -2.18. The Balaban J connectivity index is 2.27. The molecular weight excluding hydrogens is 238 g/mol. The van der Waals surface area contributed by atoms with Gasteiger partial charge in [-0.3, -0.25) is 9.20 Å². The van der Waals surface area contributed by atoms with Gasteiger partial charge in [0.05, 0.1) is 10.9 Å². The number of fused-ring (bicyclic) bond motifs is 2. The Morgan fingerprint density at radius 2 is 2.05 bits per heavy atom. The minimum atomic E-state index is 0.00911. The number of aromatic nitrogens is 3. The monoisotopic (exact) mass is 255 g/mol. The first kappa shape index (κ1) is 12.0. The van der Waals surface area contributed by atoms with Crippen molar-refractivity contribution in [3.05, 3.63) is 47.0 Å². The normalized spacial score (nSPS) is 11.4. The molecule has 19 heavy (non-hydrogen) atoms. The van der Waals surface area contributed by atoms with E-state index in [0.29, 0.717) is 0 Å². The SMILES string of the molecule is CCCCCn1c2ccccc2c(=O)n2ccnc12. The molecule has 0 aliphatic carbocycles. The second-order valence-electron chi connectivity index (χ2n) is 4.78. The lowest BCUT2D eigenvalue weighted by molar-refractivity contribution is 0.616. The number of para-hydroxylation sites is 1. The first-order valence-electron chi connectivity index (χ1n) is 6.77. The highest BCUT2D eigenvalue weighted by Crippen LogP contribution is 2.14. The van der Waals surface area contributed by atoms with Crippen LogP contribution in [0.15, 0.2) is 41.5 Å². The molecule has 0 spiro atoms. The van der Waals surface area contributed by atoms with Crippen LogP contribution >= 0.6 is 0 Å². The number of imidazole rings is 1. The van der Waals surface area contributed by atoms with Gasteiger partial charge in [0.25, 0.3) is 5.56 Å². The average molecular weight is 255 g/mol. The predicted octanol–water partition coefficient (Wildman–Crippen LogP) is 2.84. The number of rotatable bonds is 4. The highest BCUT2D eigenvalue weighted by molar-refractivity contribution is 5.80. The van der Waals surface area contributed by atoms with Crippen LogP contribution in [-0.4, -0.2) is 14.0 Å². The van der Waals surface area contributed by atoms with Crippen molar-refractivity contribution in [2.45, 2.75) is 32.7 Å². The fourth-order valence-electron chi connectivity index (χ4n) is 2.52. The molecule has 0 saturated carbocycles. The van der Waals surface area contributed by atoms with E-state index in [2.05, 4.69) is 16.5 Å². The quantitative estimate of drug-likeness (QED) is 0.672. The summed E-state index contributed by atoms with van der Waals surface area (Å²) < 4.78 is 3.78. The van der Waals surface area contributed by atoms with E-state index < -0.39 is 0 Å². The van der Waals surface area contributed by atoms with Gasteiger partial charge < -0.3 is 4.57 Å². The summed E-state index contributed by atoms with van der Waals surface area (Å²) in [5.41, 5.74) is 0.983. The molecule has 0 aliphatic rings. The topological polar surface area (TPSA) is 39.3 Å². The Morgan fingerprint density at radius 1 is 1.21 bits per heavy atom. The Kier molecular flexibility index (Phi) is 3.07. The standard InChI is InChI=1S/C15H17N3O/c1-2-3-6-10-17-13-8-5-4-7-12(13)14(19)18-11-9-16-15(17)18/h4-5,7-9,11H,2-3,6,10H2,1H3. The first-order valence-corrected chi connectivity index (χ1v) is 6.77. The molecule has 3 rings (SSSR count). The molecule has 0 amide bonds. The number of aryl methyl sites for hydroxylation is 1. The minimum absolute atomic E-state index is 0.00911. The Hall–Kier alpha value is -2.10. The van der Waals surface area contributed by atoms with Crippen LogP contribution in [-0.2, 0) is 6.54 Å². The molecular formula is C15H17N3O. The first-order chi connectivity index (χ1) is 9.33. The van der Waals surface area contributed by atoms with Gasteiger partial charge >= 0.3 is 0 Å². The average Bonchev–Trinajstić information content (AvgIpc) is 2.92. The van der Waals surface area contributed by atoms with E-state index in [1.165, 1.54) is 12.8 Å². The zero-order chi connectivity index (χ0) is 13.2. The largest absolute Gasteiger partial charge is 0.311 e. The fourth-order valence-corrected chi connectivity index (χ4v) is 2.52. The van der Waals surface area contributed by atoms with Gasteiger partial charge in [-0.15, -0.1) is 0 Å². The van der Waals surface area contributed by atoms with Crippen molar-refractivity contribution >= 4 is 16.7 Å². The molecule has 0 bridgehead atoms. The van der Waals surface area contributed by atoms with E-state index >= 15 is 0 Å². The van der Waals surface area contributed by atoms with E-state index in [-0.39, 0.29) is 5.56 Å². The number of unbranched alkanes of at least 4 members (excludes halogenated alkanes) is 2. The van der Waals surface area contributed by atoms with E-state index in [1.54, 1.807) is 16.8 Å². The number of nitrogens with zero attached hydrogens (tertiary/aromatic N) is 3. The molecule has 0 unspecified atom stereocenters. The summed E-state index contributed by atoms with van der Waals surface area (Å²) in [7, 11) is 0. The fraction of sp³-hybridized carbons (Fsp3) is 0.333. The summed E-state index contributed by atoms with van der Waals surface area (Å²) in [5.74, 6) is 0.736. The summed E-state index contributed by atoms with van der Waals surface area (Å²) in [6, 6.07) is 7.76. The predicted molar refractivity (Wildman–Crippen MR) is 76.5 cm³/mol. The maximum atomic E-state index is 12.3. The van der Waals surface area contributed by atoms with Crippen molar-refractivity contribution < 1.29 is 0 Å². The smallest absolute Gasteiger partial charge is 0.266 e. The van der Waals surface area contributed by atoms with Crippen LogP contribution in [0.25, 0.3) is 16.7 Å². The van der Waals surface area contributed by atoms with Crippen LogP contribution < -0.4 is 5.56 Å². The summed E-state index contributed by atoms with van der Waals surface area (Å²) in [6.45, 7) is 3.09. The molecule has 0 radical (unpaired) electrons. The number of hydrogen-bond donors (Lipinski definition) is 0. The molecule has 4 heteroatoms. The van der Waals surface area contributed by atoms with Crippen molar-refractivity contribution in [3.63, 3.8) is 0 Å². The van der Waals surface area contributed by atoms with E-state index in [9.17, 15) is 4.79 Å². The van der Waals surface area contributed by atoms with Crippen LogP contribution in [0.3, 0.4) is 0 Å². The molecule has 0 aliphatic heterocycles. The maximum absolute atomic E-state index is 12.3. The van der Waals surface area contributed by atoms with Crippen molar-refractivity contribution in [1.82, 2.24) is 14.0 Å². The molecule has 0 saturated heterocycles. The third kappa shape index (κ3) is 1.93. The minimum Gasteiger partial charge on any atom is -0.311 e. The molecule has 1 aromatic carbocycles. The van der Waals surface area contributed by atoms with Gasteiger partial charge in [0.2, 0.25) is 5.78 Å². The van der Waals surface area contributed by atoms with Crippen molar-refractivity contribution in [2.24, 2.45) is 0 Å². The Morgan fingerprint density at radius 3 is 2.89 bits per heavy atom. The van der Waals surface area contributed by atoms with Gasteiger partial charge in [-0.1, -0.05) is 31.9 Å². The third-order valence-electron chi connectivity index (χ3n) is 3.49. The number of benzene rings is 1. The zero-order valence-corrected chi connectivity index (χ0v) is 11.0. The lowest BCUT2D eigenvalue weighted by atomic mass is 10.2. The van der Waals surface area contributed by atoms with Gasteiger partial charge in [0.1, 0.15) is 0 Å². The van der Waals surface area contributed by atoms with Gasteiger partial charge in [-0.05, 0) is 18.6 Å². The van der Waals surface area contributed by atoms with Crippen LogP contribution in [0.5, 0.6) is 0 Å². The van der Waals surface area contributed by atoms with Crippen LogP contribution in [0.1, 0.15) is 26.2 Å². The van der Waals surface area contributed by atoms with Gasteiger partial charge in [0.15, 0.2) is 0 Å². The molecule has 98 valence electrons. The molecule has 4 nitrogen and oxygen atoms in total. The van der Waals surface area contributed by atoms with Gasteiger partial charge in [-0.2, -0.15) is 0 Å². The Bertz CT molecular complexity index is 770. The molecule has 0 atom stereocenters. The van der Waals surface area contributed by atoms with Crippen molar-refractivity contribution in [2.75, 3.05) is 0 Å². The second kappa shape index (κ2) is 4.88. The maximum Gasteiger partial charge on any atom is 0.266 e. The van der Waals surface area contributed by atoms with Crippen LogP contribution in [0, 0.1) is 0 Å². The highest BCUT2D eigenvalue weighted by Gasteiger charge is 2.10. The molecule has 2 heterocycles. The molecule has 0 fully saturated rings. The molecule has 3 aromatic rings. The molecule has 0 N–H and O–H groups in total. The summed E-state index contributed by atoms with van der Waals surface area (Å²) in [5, 5.41) is 0.754. The summed E-state index contributed by atoms with van der Waals surface area (Å²) in [4.78, 5) is 16.7. The van der Waals surface area contributed by atoms with Gasteiger partial charge in [0, 0.05) is 18.9 Å².